The summed E-state index contributed by atoms with van der Waals surface area (Å²) in [6, 6.07) is 7.55. The standard InChI is InChI=1S/C23H18F6N6O/c1-12-9-18(23(27,28)29)32-20(30-12)33-21(36)35-15-7-8-34(11-15)17-6-5-16(31-19(17)35)13-3-2-4-14(10-13)22(24,25)26/h2-6,9-10,15H,7-8,11H2,1H3,(H,30,32,33,36)/t15-/m0/s1. The fourth-order valence-corrected chi connectivity index (χ4v) is 4.41. The SMILES string of the molecule is Cc1cc(C(F)(F)F)nc(NC(=O)N2c3nc(-c4cccc(C(F)(F)F)c4)ccc3N3CC[C@H]2C3)n1. The maximum Gasteiger partial charge on any atom is 0.433 e. The molecule has 2 aliphatic rings. The molecule has 1 saturated heterocycles. The number of urea groups is 1. The minimum atomic E-state index is -4.72. The van der Waals surface area contributed by atoms with Crippen LogP contribution in [0.4, 0.5) is 48.6 Å². The number of amides is 2. The number of halogens is 6. The lowest BCUT2D eigenvalue weighted by molar-refractivity contribution is -0.141. The molecule has 0 radical (unpaired) electrons. The third-order valence-electron chi connectivity index (χ3n) is 6.02. The van der Waals surface area contributed by atoms with Crippen LogP contribution in [-0.4, -0.2) is 40.1 Å². The molecule has 1 fully saturated rings. The maximum absolute atomic E-state index is 13.3. The molecular formula is C23H18F6N6O. The third kappa shape index (κ3) is 4.40. The van der Waals surface area contributed by atoms with Gasteiger partial charge in [-0.15, -0.1) is 0 Å². The van der Waals surface area contributed by atoms with Gasteiger partial charge in [0.05, 0.1) is 23.0 Å². The fraction of sp³-hybridized carbons (Fsp3) is 0.304. The molecule has 36 heavy (non-hydrogen) atoms. The van der Waals surface area contributed by atoms with Gasteiger partial charge in [-0.3, -0.25) is 10.2 Å². The summed E-state index contributed by atoms with van der Waals surface area (Å²) in [4.78, 5) is 28.4. The highest BCUT2D eigenvalue weighted by Gasteiger charge is 2.41. The van der Waals surface area contributed by atoms with Crippen LogP contribution < -0.4 is 15.1 Å². The number of rotatable bonds is 2. The van der Waals surface area contributed by atoms with Crippen molar-refractivity contribution in [3.63, 3.8) is 0 Å². The van der Waals surface area contributed by atoms with Gasteiger partial charge in [-0.25, -0.2) is 19.7 Å². The van der Waals surface area contributed by atoms with E-state index in [-0.39, 0.29) is 28.8 Å². The zero-order valence-corrected chi connectivity index (χ0v) is 18.7. The van der Waals surface area contributed by atoms with Gasteiger partial charge < -0.3 is 4.90 Å². The molecule has 1 atom stereocenters. The number of alkyl halides is 6. The van der Waals surface area contributed by atoms with Gasteiger partial charge >= 0.3 is 18.4 Å². The van der Waals surface area contributed by atoms with Gasteiger partial charge in [-0.1, -0.05) is 12.1 Å². The highest BCUT2D eigenvalue weighted by atomic mass is 19.4. The van der Waals surface area contributed by atoms with E-state index >= 15 is 0 Å². The van der Waals surface area contributed by atoms with Gasteiger partial charge in [-0.05, 0) is 43.7 Å². The first kappa shape index (κ1) is 23.8. The molecule has 0 spiro atoms. The molecular weight excluding hydrogens is 490 g/mol. The van der Waals surface area contributed by atoms with Crippen molar-refractivity contribution in [3.05, 3.63) is 59.4 Å². The van der Waals surface area contributed by atoms with Crippen LogP contribution in [0.25, 0.3) is 11.3 Å². The first-order valence-electron chi connectivity index (χ1n) is 10.9. The van der Waals surface area contributed by atoms with Crippen LogP contribution in [0.2, 0.25) is 0 Å². The smallest absolute Gasteiger partial charge is 0.366 e. The Morgan fingerprint density at radius 3 is 2.50 bits per heavy atom. The predicted molar refractivity (Wildman–Crippen MR) is 119 cm³/mol. The number of hydrogen-bond donors (Lipinski definition) is 1. The average molecular weight is 508 g/mol. The van der Waals surface area contributed by atoms with Crippen molar-refractivity contribution in [1.29, 1.82) is 0 Å². The number of fused-ring (bicyclic) bond motifs is 4. The molecule has 0 saturated carbocycles. The second kappa shape index (κ2) is 8.35. The summed E-state index contributed by atoms with van der Waals surface area (Å²) < 4.78 is 79.1. The van der Waals surface area contributed by atoms with Crippen LogP contribution in [0, 0.1) is 6.92 Å². The van der Waals surface area contributed by atoms with Crippen LogP contribution >= 0.6 is 0 Å². The summed E-state index contributed by atoms with van der Waals surface area (Å²) in [7, 11) is 0. The summed E-state index contributed by atoms with van der Waals surface area (Å²) in [6.45, 7) is 2.44. The van der Waals surface area contributed by atoms with E-state index in [0.29, 0.717) is 25.2 Å². The van der Waals surface area contributed by atoms with Crippen LogP contribution in [-0.2, 0) is 12.4 Å². The Morgan fingerprint density at radius 2 is 1.78 bits per heavy atom. The summed E-state index contributed by atoms with van der Waals surface area (Å²) in [5.41, 5.74) is -1.00. The zero-order valence-electron chi connectivity index (χ0n) is 18.7. The van der Waals surface area contributed by atoms with Crippen molar-refractivity contribution < 1.29 is 31.1 Å². The summed E-state index contributed by atoms with van der Waals surface area (Å²) in [5.74, 6) is -0.316. The predicted octanol–water partition coefficient (Wildman–Crippen LogP) is 5.52. The molecule has 3 aromatic rings. The minimum absolute atomic E-state index is 0.0173. The summed E-state index contributed by atoms with van der Waals surface area (Å²) in [5, 5.41) is 2.33. The van der Waals surface area contributed by atoms with Gasteiger partial charge in [0.2, 0.25) is 5.95 Å². The van der Waals surface area contributed by atoms with Crippen LogP contribution in [0.3, 0.4) is 0 Å². The normalized spacial score (nSPS) is 17.2. The van der Waals surface area contributed by atoms with E-state index in [9.17, 15) is 31.1 Å². The number of hydrogen-bond acceptors (Lipinski definition) is 5. The molecule has 4 heterocycles. The van der Waals surface area contributed by atoms with E-state index in [4.69, 9.17) is 0 Å². The first-order valence-corrected chi connectivity index (χ1v) is 10.9. The Morgan fingerprint density at radius 1 is 1.00 bits per heavy atom. The topological polar surface area (TPSA) is 74.2 Å². The van der Waals surface area contributed by atoms with Crippen molar-refractivity contribution in [2.75, 3.05) is 28.2 Å². The summed E-state index contributed by atoms with van der Waals surface area (Å²) in [6.07, 6.45) is -8.69. The quantitative estimate of drug-likeness (QED) is 0.462. The first-order chi connectivity index (χ1) is 16.9. The zero-order chi connectivity index (χ0) is 25.8. The molecule has 5 rings (SSSR count). The number of benzene rings is 1. The van der Waals surface area contributed by atoms with Crippen molar-refractivity contribution in [2.45, 2.75) is 31.7 Å². The van der Waals surface area contributed by atoms with E-state index in [0.717, 1.165) is 18.2 Å². The van der Waals surface area contributed by atoms with Gasteiger partial charge in [0.25, 0.3) is 0 Å². The molecule has 188 valence electrons. The van der Waals surface area contributed by atoms with E-state index in [2.05, 4.69) is 20.3 Å². The molecule has 1 aromatic carbocycles. The second-order valence-electron chi connectivity index (χ2n) is 8.52. The van der Waals surface area contributed by atoms with Gasteiger partial charge in [0, 0.05) is 24.3 Å². The largest absolute Gasteiger partial charge is 0.433 e. The van der Waals surface area contributed by atoms with Crippen molar-refractivity contribution in [1.82, 2.24) is 15.0 Å². The molecule has 1 N–H and O–H groups in total. The van der Waals surface area contributed by atoms with Crippen LogP contribution in [0.15, 0.2) is 42.5 Å². The Kier molecular flexibility index (Phi) is 5.52. The van der Waals surface area contributed by atoms with E-state index < -0.39 is 35.6 Å². The molecule has 2 aromatic heterocycles. The van der Waals surface area contributed by atoms with Gasteiger partial charge in [0.15, 0.2) is 5.82 Å². The average Bonchev–Trinajstić information content (AvgIpc) is 3.21. The van der Waals surface area contributed by atoms with Crippen molar-refractivity contribution in [3.8, 4) is 11.3 Å². The van der Waals surface area contributed by atoms with E-state index in [1.165, 1.54) is 24.0 Å². The molecule has 2 bridgehead atoms. The number of pyridine rings is 1. The van der Waals surface area contributed by atoms with Crippen molar-refractivity contribution >= 4 is 23.5 Å². The van der Waals surface area contributed by atoms with Crippen molar-refractivity contribution in [2.24, 2.45) is 0 Å². The Balaban J connectivity index is 1.51. The Hall–Kier alpha value is -3.90. The minimum Gasteiger partial charge on any atom is -0.366 e. The number of nitrogens with zero attached hydrogens (tertiary/aromatic N) is 5. The lowest BCUT2D eigenvalue weighted by Crippen LogP contribution is -2.48. The number of nitrogens with one attached hydrogen (secondary N) is 1. The van der Waals surface area contributed by atoms with Gasteiger partial charge in [-0.2, -0.15) is 26.3 Å². The van der Waals surface area contributed by atoms with Gasteiger partial charge in [0.1, 0.15) is 5.69 Å². The number of aromatic nitrogens is 3. The monoisotopic (exact) mass is 508 g/mol. The Bertz CT molecular complexity index is 1340. The Labute approximate surface area is 200 Å². The molecule has 7 nitrogen and oxygen atoms in total. The molecule has 0 unspecified atom stereocenters. The number of aryl methyl sites for hydroxylation is 1. The summed E-state index contributed by atoms with van der Waals surface area (Å²) >= 11 is 0. The highest BCUT2D eigenvalue weighted by molar-refractivity contribution is 6.04. The molecule has 2 aliphatic heterocycles. The van der Waals surface area contributed by atoms with E-state index in [1.807, 2.05) is 4.90 Å². The number of anilines is 3. The third-order valence-corrected chi connectivity index (χ3v) is 6.02. The van der Waals surface area contributed by atoms with E-state index in [1.54, 1.807) is 12.1 Å². The lowest BCUT2D eigenvalue weighted by Gasteiger charge is -2.35. The van der Waals surface area contributed by atoms with Crippen LogP contribution in [0.1, 0.15) is 23.4 Å². The number of carbonyl (C=O) groups is 1. The second-order valence-corrected chi connectivity index (χ2v) is 8.52. The fourth-order valence-electron chi connectivity index (χ4n) is 4.41. The van der Waals surface area contributed by atoms with Crippen LogP contribution in [0.5, 0.6) is 0 Å². The molecule has 2 amide bonds. The highest BCUT2D eigenvalue weighted by Crippen LogP contribution is 2.41. The maximum atomic E-state index is 13.3. The molecule has 13 heteroatoms. The molecule has 0 aliphatic carbocycles. The lowest BCUT2D eigenvalue weighted by atomic mass is 10.1. The number of carbonyl (C=O) groups excluding carboxylic acids is 1.